The van der Waals surface area contributed by atoms with E-state index in [4.69, 9.17) is 4.74 Å². The van der Waals surface area contributed by atoms with Gasteiger partial charge < -0.3 is 20.5 Å². The fourth-order valence-electron chi connectivity index (χ4n) is 3.65. The molecule has 2 aromatic rings. The van der Waals surface area contributed by atoms with Crippen LogP contribution in [0.1, 0.15) is 37.9 Å². The summed E-state index contributed by atoms with van der Waals surface area (Å²) in [6.07, 6.45) is 4.11. The molecule has 174 valence electrons. The van der Waals surface area contributed by atoms with Gasteiger partial charge in [-0.1, -0.05) is 33.0 Å². The van der Waals surface area contributed by atoms with Crippen LogP contribution >= 0.6 is 0 Å². The van der Waals surface area contributed by atoms with Crippen LogP contribution in [0, 0.1) is 5.92 Å². The third kappa shape index (κ3) is 6.39. The highest BCUT2D eigenvalue weighted by Gasteiger charge is 2.23. The van der Waals surface area contributed by atoms with Crippen LogP contribution in [0.5, 0.6) is 0 Å². The molecule has 10 heteroatoms. The Hall–Kier alpha value is -2.72. The topological polar surface area (TPSA) is 118 Å². The number of aromatic nitrogens is 3. The molecule has 9 nitrogen and oxygen atoms in total. The Bertz CT molecular complexity index is 956. The number of amides is 2. The zero-order valence-corrected chi connectivity index (χ0v) is 20.2. The highest BCUT2D eigenvalue weighted by atomic mass is 28.3. The molecule has 0 spiro atoms. The molecule has 2 bridgehead atoms. The summed E-state index contributed by atoms with van der Waals surface area (Å²) in [6, 6.07) is 4.29. The van der Waals surface area contributed by atoms with Crippen molar-refractivity contribution in [2.24, 2.45) is 5.92 Å². The van der Waals surface area contributed by atoms with Crippen LogP contribution < -0.4 is 10.6 Å². The number of rotatable bonds is 6. The van der Waals surface area contributed by atoms with E-state index in [2.05, 4.69) is 40.4 Å². The van der Waals surface area contributed by atoms with Gasteiger partial charge in [0.1, 0.15) is 6.73 Å². The fourth-order valence-corrected chi connectivity index (χ4v) is 4.41. The number of carboxylic acid groups (broad SMARTS) is 1. The van der Waals surface area contributed by atoms with E-state index < -0.39 is 20.2 Å². The van der Waals surface area contributed by atoms with Crippen LogP contribution in [0.3, 0.4) is 0 Å². The van der Waals surface area contributed by atoms with Gasteiger partial charge in [0.05, 0.1) is 29.3 Å². The van der Waals surface area contributed by atoms with E-state index >= 15 is 0 Å². The fraction of sp³-hybridized carbons (Fsp3) is 0.545. The third-order valence-corrected chi connectivity index (χ3v) is 7.30. The third-order valence-electron chi connectivity index (χ3n) is 5.59. The molecule has 32 heavy (non-hydrogen) atoms. The van der Waals surface area contributed by atoms with Gasteiger partial charge in [-0.05, 0) is 31.0 Å². The van der Waals surface area contributed by atoms with Gasteiger partial charge >= 0.3 is 6.09 Å². The van der Waals surface area contributed by atoms with Gasteiger partial charge in [-0.2, -0.15) is 5.10 Å². The summed E-state index contributed by atoms with van der Waals surface area (Å²) in [7, 11) is -1.21. The first-order valence-electron chi connectivity index (χ1n) is 11.0. The number of fused-ring (bicyclic) bond motifs is 4. The van der Waals surface area contributed by atoms with E-state index in [1.54, 1.807) is 17.1 Å². The molecule has 0 fully saturated rings. The number of hydrogen-bond donors (Lipinski definition) is 3. The van der Waals surface area contributed by atoms with Gasteiger partial charge in [-0.15, -0.1) is 0 Å². The van der Waals surface area contributed by atoms with Crippen molar-refractivity contribution in [3.8, 4) is 11.3 Å². The number of hydrogen-bond acceptors (Lipinski definition) is 5. The number of nitrogens with one attached hydrogen (secondary N) is 2. The molecule has 2 atom stereocenters. The Morgan fingerprint density at radius 2 is 2.16 bits per heavy atom. The Labute approximate surface area is 189 Å². The second-order valence-corrected chi connectivity index (χ2v) is 15.2. The maximum Gasteiger partial charge on any atom is 0.405 e. The minimum Gasteiger partial charge on any atom is -0.465 e. The van der Waals surface area contributed by atoms with Crippen molar-refractivity contribution in [1.82, 2.24) is 20.1 Å². The standard InChI is InChI=1S/C22H33N5O4Si/c1-15-6-5-7-17(26-22(29)30)18-12-16(8-9-23-18)20-19(25-21(15)28)13-24-27(20)14-31-10-11-32(2,3)4/h8-9,12-13,15,17,26H,5-7,10-11,14H2,1-4H3,(H,25,28)(H,29,30)/t15-,17+/m1/s1. The predicted octanol–water partition coefficient (Wildman–Crippen LogP) is 4.32. The monoisotopic (exact) mass is 459 g/mol. The zero-order valence-electron chi connectivity index (χ0n) is 19.2. The van der Waals surface area contributed by atoms with Crippen molar-refractivity contribution in [3.63, 3.8) is 0 Å². The van der Waals surface area contributed by atoms with Gasteiger partial charge in [0.15, 0.2) is 0 Å². The first-order valence-corrected chi connectivity index (χ1v) is 14.7. The Balaban J connectivity index is 1.96. The lowest BCUT2D eigenvalue weighted by molar-refractivity contribution is -0.119. The van der Waals surface area contributed by atoms with E-state index in [1.165, 1.54) is 0 Å². The van der Waals surface area contributed by atoms with Gasteiger partial charge in [0, 0.05) is 32.4 Å². The zero-order chi connectivity index (χ0) is 23.3. The van der Waals surface area contributed by atoms with E-state index in [1.807, 2.05) is 19.1 Å². The summed E-state index contributed by atoms with van der Waals surface area (Å²) >= 11 is 0. The normalized spacial score (nSPS) is 19.3. The number of carbonyl (C=O) groups is 2. The Morgan fingerprint density at radius 1 is 1.38 bits per heavy atom. The molecule has 0 saturated carbocycles. The van der Waals surface area contributed by atoms with E-state index in [9.17, 15) is 14.7 Å². The maximum absolute atomic E-state index is 12.8. The second-order valence-electron chi connectivity index (χ2n) is 9.55. The first-order chi connectivity index (χ1) is 15.1. The predicted molar refractivity (Wildman–Crippen MR) is 125 cm³/mol. The number of ether oxygens (including phenoxy) is 1. The SMILES string of the molecule is C[C@@H]1CCC[C@H](NC(=O)O)c2cc(ccn2)-c2c(cnn2COCC[Si](C)(C)C)NC1=O. The summed E-state index contributed by atoms with van der Waals surface area (Å²) in [6.45, 7) is 9.69. The quantitative estimate of drug-likeness (QED) is 0.437. The van der Waals surface area contributed by atoms with Crippen LogP contribution in [0.2, 0.25) is 25.7 Å². The number of carbonyl (C=O) groups excluding carboxylic acids is 1. The second kappa shape index (κ2) is 10.3. The molecule has 3 heterocycles. The van der Waals surface area contributed by atoms with Crippen molar-refractivity contribution < 1.29 is 19.4 Å². The molecular weight excluding hydrogens is 426 g/mol. The minimum absolute atomic E-state index is 0.0805. The molecule has 0 saturated heterocycles. The van der Waals surface area contributed by atoms with Gasteiger partial charge in [-0.3, -0.25) is 9.78 Å². The van der Waals surface area contributed by atoms with Gasteiger partial charge in [0.2, 0.25) is 5.91 Å². The van der Waals surface area contributed by atoms with Crippen molar-refractivity contribution in [2.45, 2.75) is 64.6 Å². The largest absolute Gasteiger partial charge is 0.465 e. The Kier molecular flexibility index (Phi) is 7.67. The molecular formula is C22H33N5O4Si. The lowest BCUT2D eigenvalue weighted by Gasteiger charge is -2.20. The van der Waals surface area contributed by atoms with Gasteiger partial charge in [0.25, 0.3) is 0 Å². The Morgan fingerprint density at radius 3 is 2.88 bits per heavy atom. The summed E-state index contributed by atoms with van der Waals surface area (Å²) in [5.74, 6) is -0.293. The van der Waals surface area contributed by atoms with Crippen LogP contribution in [0.25, 0.3) is 11.3 Å². The summed E-state index contributed by atoms with van der Waals surface area (Å²) in [4.78, 5) is 28.5. The molecule has 1 aliphatic heterocycles. The van der Waals surface area contributed by atoms with Gasteiger partial charge in [-0.25, -0.2) is 9.48 Å². The van der Waals surface area contributed by atoms with E-state index in [0.717, 1.165) is 17.3 Å². The lowest BCUT2D eigenvalue weighted by Crippen LogP contribution is -2.28. The van der Waals surface area contributed by atoms with E-state index in [0.29, 0.717) is 37.3 Å². The molecule has 0 aliphatic carbocycles. The number of anilines is 1. The van der Waals surface area contributed by atoms with Crippen LogP contribution in [0.4, 0.5) is 10.5 Å². The summed E-state index contributed by atoms with van der Waals surface area (Å²) in [5.41, 5.74) is 2.76. The van der Waals surface area contributed by atoms with Crippen molar-refractivity contribution >= 4 is 25.8 Å². The molecule has 3 N–H and O–H groups in total. The lowest BCUT2D eigenvalue weighted by atomic mass is 9.97. The molecule has 0 radical (unpaired) electrons. The van der Waals surface area contributed by atoms with Crippen molar-refractivity contribution in [3.05, 3.63) is 30.2 Å². The molecule has 2 aromatic heterocycles. The average Bonchev–Trinajstić information content (AvgIpc) is 3.11. The minimum atomic E-state index is -1.21. The molecule has 3 rings (SSSR count). The summed E-state index contributed by atoms with van der Waals surface area (Å²) < 4.78 is 7.63. The summed E-state index contributed by atoms with van der Waals surface area (Å²) in [5, 5.41) is 19.3. The molecule has 1 aliphatic rings. The van der Waals surface area contributed by atoms with Crippen molar-refractivity contribution in [1.29, 1.82) is 0 Å². The van der Waals surface area contributed by atoms with Crippen LogP contribution in [0.15, 0.2) is 24.5 Å². The van der Waals surface area contributed by atoms with E-state index in [-0.39, 0.29) is 18.6 Å². The highest BCUT2D eigenvalue weighted by Crippen LogP contribution is 2.32. The molecule has 0 unspecified atom stereocenters. The molecule has 0 aromatic carbocycles. The first kappa shape index (κ1) is 23.9. The average molecular weight is 460 g/mol. The van der Waals surface area contributed by atoms with Crippen molar-refractivity contribution in [2.75, 3.05) is 11.9 Å². The number of nitrogens with zero attached hydrogens (tertiary/aromatic N) is 3. The smallest absolute Gasteiger partial charge is 0.405 e. The highest BCUT2D eigenvalue weighted by molar-refractivity contribution is 6.76. The molecule has 2 amide bonds. The van der Waals surface area contributed by atoms with Crippen LogP contribution in [-0.4, -0.2) is 46.6 Å². The maximum atomic E-state index is 12.8. The van der Waals surface area contributed by atoms with Crippen LogP contribution in [-0.2, 0) is 16.3 Å². The number of pyridine rings is 1.